The third-order valence-electron chi connectivity index (χ3n) is 2.88. The fraction of sp³-hybridized carbons (Fsp3) is 0.800. The molecule has 128 valence electrons. The van der Waals surface area contributed by atoms with E-state index in [1.807, 2.05) is 13.8 Å². The zero-order chi connectivity index (χ0) is 17.7. The quantitative estimate of drug-likeness (QED) is 0.807. The van der Waals surface area contributed by atoms with Crippen molar-refractivity contribution in [3.05, 3.63) is 0 Å². The summed E-state index contributed by atoms with van der Waals surface area (Å²) < 4.78 is 5.27. The maximum atomic E-state index is 12.4. The zero-order valence-corrected chi connectivity index (χ0v) is 14.5. The first-order valence-corrected chi connectivity index (χ1v) is 7.27. The normalized spacial score (nSPS) is 12.7. The summed E-state index contributed by atoms with van der Waals surface area (Å²) in [6.07, 6.45) is -0.173. The molecule has 0 aromatic carbocycles. The molecule has 22 heavy (non-hydrogen) atoms. The van der Waals surface area contributed by atoms with Crippen LogP contribution in [0, 0.1) is 5.92 Å². The van der Waals surface area contributed by atoms with Crippen LogP contribution >= 0.6 is 0 Å². The van der Waals surface area contributed by atoms with Gasteiger partial charge in [-0.3, -0.25) is 14.5 Å². The molecule has 0 aliphatic heterocycles. The molecule has 0 aliphatic rings. The highest BCUT2D eigenvalue weighted by Gasteiger charge is 2.32. The van der Waals surface area contributed by atoms with E-state index in [4.69, 9.17) is 9.84 Å². The Labute approximate surface area is 132 Å². The molecule has 0 aliphatic carbocycles. The van der Waals surface area contributed by atoms with E-state index in [0.717, 1.165) is 4.90 Å². The van der Waals surface area contributed by atoms with Crippen LogP contribution < -0.4 is 0 Å². The molecule has 1 N–H and O–H groups in total. The number of nitrogens with zero attached hydrogens (tertiary/aromatic N) is 2. The predicted molar refractivity (Wildman–Crippen MR) is 82.5 cm³/mol. The minimum Gasteiger partial charge on any atom is -0.480 e. The van der Waals surface area contributed by atoms with Gasteiger partial charge < -0.3 is 14.7 Å². The summed E-state index contributed by atoms with van der Waals surface area (Å²) in [5.41, 5.74) is -0.663. The molecule has 0 bridgehead atoms. The number of carboxylic acid groups (broad SMARTS) is 1. The van der Waals surface area contributed by atoms with Crippen molar-refractivity contribution < 1.29 is 24.2 Å². The first-order chi connectivity index (χ1) is 9.85. The maximum absolute atomic E-state index is 12.4. The van der Waals surface area contributed by atoms with E-state index in [2.05, 4.69) is 0 Å². The highest BCUT2D eigenvalue weighted by atomic mass is 16.6. The number of carbonyl (C=O) groups is 3. The molecule has 0 heterocycles. The van der Waals surface area contributed by atoms with Gasteiger partial charge >= 0.3 is 12.1 Å². The molecule has 0 fully saturated rings. The largest absolute Gasteiger partial charge is 0.480 e. The van der Waals surface area contributed by atoms with Crippen molar-refractivity contribution in [1.82, 2.24) is 9.80 Å². The Morgan fingerprint density at radius 2 is 1.64 bits per heavy atom. The summed E-state index contributed by atoms with van der Waals surface area (Å²) >= 11 is 0. The SMILES string of the molecule is CC(C)CC(C(=O)N(C)CC(=O)O)N(C)C(=O)OC(C)(C)C. The second-order valence-electron chi connectivity index (χ2n) is 6.82. The second kappa shape index (κ2) is 8.00. The standard InChI is InChI=1S/C15H28N2O5/c1-10(2)8-11(13(20)16(6)9-12(18)19)17(7)14(21)22-15(3,4)5/h10-11H,8-9H2,1-7H3,(H,18,19). The van der Waals surface area contributed by atoms with E-state index in [-0.39, 0.29) is 5.92 Å². The second-order valence-corrected chi connectivity index (χ2v) is 6.82. The third kappa shape index (κ3) is 7.28. The highest BCUT2D eigenvalue weighted by Crippen LogP contribution is 2.16. The maximum Gasteiger partial charge on any atom is 0.410 e. The van der Waals surface area contributed by atoms with Crippen LogP contribution in [0.2, 0.25) is 0 Å². The molecule has 0 radical (unpaired) electrons. The first kappa shape index (κ1) is 20.2. The van der Waals surface area contributed by atoms with Crippen LogP contribution in [0.3, 0.4) is 0 Å². The average molecular weight is 316 g/mol. The number of aliphatic carboxylic acids is 1. The van der Waals surface area contributed by atoms with E-state index >= 15 is 0 Å². The summed E-state index contributed by atoms with van der Waals surface area (Å²) in [5.74, 6) is -1.35. The third-order valence-corrected chi connectivity index (χ3v) is 2.88. The number of hydrogen-bond donors (Lipinski definition) is 1. The van der Waals surface area contributed by atoms with Crippen LogP contribution in [0.15, 0.2) is 0 Å². The van der Waals surface area contributed by atoms with Crippen LogP contribution in [0.4, 0.5) is 4.79 Å². The van der Waals surface area contributed by atoms with Crippen molar-refractivity contribution in [3.63, 3.8) is 0 Å². The number of carbonyl (C=O) groups excluding carboxylic acids is 2. The van der Waals surface area contributed by atoms with Gasteiger partial charge in [0.2, 0.25) is 5.91 Å². The number of ether oxygens (including phenoxy) is 1. The van der Waals surface area contributed by atoms with Gasteiger partial charge in [-0.2, -0.15) is 0 Å². The molecular weight excluding hydrogens is 288 g/mol. The van der Waals surface area contributed by atoms with Gasteiger partial charge in [0.05, 0.1) is 0 Å². The van der Waals surface area contributed by atoms with E-state index in [1.54, 1.807) is 20.8 Å². The molecule has 0 spiro atoms. The van der Waals surface area contributed by atoms with Crippen LogP contribution in [0.1, 0.15) is 41.0 Å². The summed E-state index contributed by atoms with van der Waals surface area (Å²) in [5, 5.41) is 8.80. The van der Waals surface area contributed by atoms with Gasteiger partial charge in [-0.25, -0.2) is 4.79 Å². The van der Waals surface area contributed by atoms with Crippen molar-refractivity contribution in [2.24, 2.45) is 5.92 Å². The number of amides is 2. The minimum absolute atomic E-state index is 0.164. The Balaban J connectivity index is 5.14. The predicted octanol–water partition coefficient (Wildman–Crippen LogP) is 1.81. The van der Waals surface area contributed by atoms with Gasteiger partial charge in [0.1, 0.15) is 18.2 Å². The molecule has 0 aromatic rings. The topological polar surface area (TPSA) is 87.2 Å². The smallest absolute Gasteiger partial charge is 0.410 e. The Morgan fingerprint density at radius 1 is 1.14 bits per heavy atom. The first-order valence-electron chi connectivity index (χ1n) is 7.27. The van der Waals surface area contributed by atoms with Crippen molar-refractivity contribution in [2.45, 2.75) is 52.7 Å². The lowest BCUT2D eigenvalue weighted by Gasteiger charge is -2.32. The monoisotopic (exact) mass is 316 g/mol. The Bertz CT molecular complexity index is 415. The lowest BCUT2D eigenvalue weighted by atomic mass is 10.0. The lowest BCUT2D eigenvalue weighted by molar-refractivity contribution is -0.145. The zero-order valence-electron chi connectivity index (χ0n) is 14.5. The Morgan fingerprint density at radius 3 is 2.00 bits per heavy atom. The van der Waals surface area contributed by atoms with Crippen LogP contribution in [0.5, 0.6) is 0 Å². The number of likely N-dealkylation sites (N-methyl/N-ethyl adjacent to an activating group) is 2. The summed E-state index contributed by atoms with van der Waals surface area (Å²) in [7, 11) is 2.90. The van der Waals surface area contributed by atoms with Crippen LogP contribution in [0.25, 0.3) is 0 Å². The number of carboxylic acids is 1. The molecular formula is C15H28N2O5. The molecule has 7 heteroatoms. The van der Waals surface area contributed by atoms with Crippen molar-refractivity contribution in [2.75, 3.05) is 20.6 Å². The summed E-state index contributed by atoms with van der Waals surface area (Å²) in [4.78, 5) is 37.7. The molecule has 1 atom stereocenters. The molecule has 0 saturated carbocycles. The van der Waals surface area contributed by atoms with E-state index in [0.29, 0.717) is 6.42 Å². The minimum atomic E-state index is -1.10. The van der Waals surface area contributed by atoms with Gasteiger partial charge in [0, 0.05) is 14.1 Å². The summed E-state index contributed by atoms with van der Waals surface area (Å²) in [6, 6.07) is -0.751. The van der Waals surface area contributed by atoms with Gasteiger partial charge in [-0.05, 0) is 33.1 Å². The molecule has 2 amide bonds. The van der Waals surface area contributed by atoms with Gasteiger partial charge in [0.25, 0.3) is 0 Å². The summed E-state index contributed by atoms with van der Waals surface area (Å²) in [6.45, 7) is 8.69. The lowest BCUT2D eigenvalue weighted by Crippen LogP contribution is -2.50. The van der Waals surface area contributed by atoms with E-state index < -0.39 is 36.2 Å². The molecule has 0 aromatic heterocycles. The Hall–Kier alpha value is -1.79. The Kier molecular flexibility index (Phi) is 7.35. The molecule has 0 saturated heterocycles. The van der Waals surface area contributed by atoms with Crippen LogP contribution in [-0.4, -0.2) is 65.2 Å². The van der Waals surface area contributed by atoms with Gasteiger partial charge in [-0.15, -0.1) is 0 Å². The molecule has 0 rings (SSSR count). The molecule has 1 unspecified atom stereocenters. The van der Waals surface area contributed by atoms with Crippen molar-refractivity contribution >= 4 is 18.0 Å². The van der Waals surface area contributed by atoms with E-state index in [1.165, 1.54) is 19.0 Å². The number of hydrogen-bond acceptors (Lipinski definition) is 4. The fourth-order valence-corrected chi connectivity index (χ4v) is 1.87. The fourth-order valence-electron chi connectivity index (χ4n) is 1.87. The van der Waals surface area contributed by atoms with Crippen molar-refractivity contribution in [3.8, 4) is 0 Å². The van der Waals surface area contributed by atoms with Gasteiger partial charge in [-0.1, -0.05) is 13.8 Å². The molecule has 7 nitrogen and oxygen atoms in total. The van der Waals surface area contributed by atoms with Gasteiger partial charge in [0.15, 0.2) is 0 Å². The average Bonchev–Trinajstić information content (AvgIpc) is 2.30. The van der Waals surface area contributed by atoms with E-state index in [9.17, 15) is 14.4 Å². The highest BCUT2D eigenvalue weighted by molar-refractivity contribution is 5.87. The van der Waals surface area contributed by atoms with Crippen LogP contribution in [-0.2, 0) is 14.3 Å². The van der Waals surface area contributed by atoms with Crippen molar-refractivity contribution in [1.29, 1.82) is 0 Å². The number of rotatable bonds is 6.